The Morgan fingerprint density at radius 2 is 1.93 bits per heavy atom. The van der Waals surface area contributed by atoms with Crippen molar-refractivity contribution in [1.29, 1.82) is 0 Å². The van der Waals surface area contributed by atoms with Crippen LogP contribution in [0.15, 0.2) is 47.8 Å². The number of imide groups is 1. The number of hydrogen-bond acceptors (Lipinski definition) is 6. The minimum absolute atomic E-state index is 0.116. The number of rotatable bonds is 5. The summed E-state index contributed by atoms with van der Waals surface area (Å²) in [7, 11) is 0. The minimum Gasteiger partial charge on any atom is -0.452 e. The molecule has 0 fully saturated rings. The van der Waals surface area contributed by atoms with Crippen molar-refractivity contribution in [2.24, 2.45) is 0 Å². The molecule has 0 aliphatic rings. The Morgan fingerprint density at radius 3 is 2.64 bits per heavy atom. The fourth-order valence-corrected chi connectivity index (χ4v) is 3.25. The standard InChI is InChI=1S/C20H19N3O4S/c1-12(2)21-20(26)23-18(24)11-27-19(25)14-10-16(17-8-5-9-28-17)22-15-7-4-3-6-13(14)15/h3-10,12H,11H2,1-2H3,(H2,21,23,24,26). The van der Waals surface area contributed by atoms with E-state index in [1.54, 1.807) is 32.0 Å². The van der Waals surface area contributed by atoms with Gasteiger partial charge < -0.3 is 10.1 Å². The summed E-state index contributed by atoms with van der Waals surface area (Å²) in [6, 6.07) is 11.9. The lowest BCUT2D eigenvalue weighted by molar-refractivity contribution is -0.123. The first-order chi connectivity index (χ1) is 13.4. The van der Waals surface area contributed by atoms with Crippen LogP contribution in [0.1, 0.15) is 24.2 Å². The van der Waals surface area contributed by atoms with E-state index in [4.69, 9.17) is 4.74 Å². The SMILES string of the molecule is CC(C)NC(=O)NC(=O)COC(=O)c1cc(-c2cccs2)nc2ccccc12. The molecule has 2 heterocycles. The van der Waals surface area contributed by atoms with Crippen molar-refractivity contribution < 1.29 is 19.1 Å². The van der Waals surface area contributed by atoms with E-state index in [1.807, 2.05) is 29.6 Å². The summed E-state index contributed by atoms with van der Waals surface area (Å²) in [5.74, 6) is -1.36. The van der Waals surface area contributed by atoms with Crippen molar-refractivity contribution >= 4 is 40.1 Å². The minimum atomic E-state index is -0.705. The smallest absolute Gasteiger partial charge is 0.339 e. The van der Waals surface area contributed by atoms with Crippen molar-refractivity contribution in [3.63, 3.8) is 0 Å². The van der Waals surface area contributed by atoms with Crippen LogP contribution in [0.4, 0.5) is 4.79 Å². The van der Waals surface area contributed by atoms with Gasteiger partial charge in [0, 0.05) is 11.4 Å². The van der Waals surface area contributed by atoms with Crippen LogP contribution in [-0.4, -0.2) is 35.5 Å². The molecule has 3 aromatic rings. The maximum absolute atomic E-state index is 12.6. The van der Waals surface area contributed by atoms with Gasteiger partial charge in [0.25, 0.3) is 5.91 Å². The number of thiophene rings is 1. The molecule has 0 atom stereocenters. The molecule has 8 heteroatoms. The van der Waals surface area contributed by atoms with E-state index in [9.17, 15) is 14.4 Å². The summed E-state index contributed by atoms with van der Waals surface area (Å²) >= 11 is 1.51. The highest BCUT2D eigenvalue weighted by Gasteiger charge is 2.17. The van der Waals surface area contributed by atoms with E-state index in [-0.39, 0.29) is 6.04 Å². The van der Waals surface area contributed by atoms with E-state index in [1.165, 1.54) is 11.3 Å². The molecule has 7 nitrogen and oxygen atoms in total. The van der Waals surface area contributed by atoms with Crippen LogP contribution in [0, 0.1) is 0 Å². The van der Waals surface area contributed by atoms with Gasteiger partial charge >= 0.3 is 12.0 Å². The van der Waals surface area contributed by atoms with Gasteiger partial charge in [-0.05, 0) is 37.4 Å². The first-order valence-corrected chi connectivity index (χ1v) is 9.53. The Kier molecular flexibility index (Phi) is 6.00. The number of para-hydroxylation sites is 1. The van der Waals surface area contributed by atoms with Gasteiger partial charge in [0.15, 0.2) is 6.61 Å². The third-order valence-corrected chi connectivity index (χ3v) is 4.61. The number of benzene rings is 1. The topological polar surface area (TPSA) is 97.4 Å². The molecule has 0 aliphatic heterocycles. The molecule has 0 bridgehead atoms. The van der Waals surface area contributed by atoms with Crippen molar-refractivity contribution in [3.05, 3.63) is 53.4 Å². The van der Waals surface area contributed by atoms with Gasteiger partial charge in [0.05, 0.1) is 21.7 Å². The second-order valence-electron chi connectivity index (χ2n) is 6.30. The number of nitrogens with one attached hydrogen (secondary N) is 2. The van der Waals surface area contributed by atoms with Gasteiger partial charge in [-0.3, -0.25) is 10.1 Å². The van der Waals surface area contributed by atoms with Crippen LogP contribution in [0.3, 0.4) is 0 Å². The fraction of sp³-hybridized carbons (Fsp3) is 0.200. The molecule has 0 saturated heterocycles. The van der Waals surface area contributed by atoms with Gasteiger partial charge in [0.1, 0.15) is 0 Å². The summed E-state index contributed by atoms with van der Waals surface area (Å²) < 4.78 is 5.12. The number of pyridine rings is 1. The van der Waals surface area contributed by atoms with E-state index < -0.39 is 24.5 Å². The Bertz CT molecular complexity index is 1020. The second-order valence-corrected chi connectivity index (χ2v) is 7.25. The summed E-state index contributed by atoms with van der Waals surface area (Å²) in [5, 5.41) is 7.19. The van der Waals surface area contributed by atoms with E-state index in [0.29, 0.717) is 22.2 Å². The van der Waals surface area contributed by atoms with Crippen LogP contribution >= 0.6 is 11.3 Å². The van der Waals surface area contributed by atoms with Gasteiger partial charge in [-0.1, -0.05) is 24.3 Å². The number of ether oxygens (including phenoxy) is 1. The number of fused-ring (bicyclic) bond motifs is 1. The quantitative estimate of drug-likeness (QED) is 0.644. The van der Waals surface area contributed by atoms with Crippen molar-refractivity contribution in [3.8, 4) is 10.6 Å². The van der Waals surface area contributed by atoms with Crippen molar-refractivity contribution in [2.75, 3.05) is 6.61 Å². The second kappa shape index (κ2) is 8.62. The molecule has 28 heavy (non-hydrogen) atoms. The van der Waals surface area contributed by atoms with Gasteiger partial charge in [0.2, 0.25) is 0 Å². The van der Waals surface area contributed by atoms with Gasteiger partial charge in [-0.25, -0.2) is 14.6 Å². The molecular weight excluding hydrogens is 378 g/mol. The fourth-order valence-electron chi connectivity index (χ4n) is 2.56. The number of esters is 1. The van der Waals surface area contributed by atoms with Crippen LogP contribution in [0.25, 0.3) is 21.5 Å². The molecule has 1 aromatic carbocycles. The number of amides is 3. The average molecular weight is 397 g/mol. The normalized spacial score (nSPS) is 10.7. The van der Waals surface area contributed by atoms with E-state index in [2.05, 4.69) is 15.6 Å². The molecule has 2 aromatic heterocycles. The predicted molar refractivity (Wildman–Crippen MR) is 107 cm³/mol. The molecule has 3 rings (SSSR count). The number of carbonyl (C=O) groups is 3. The lowest BCUT2D eigenvalue weighted by Gasteiger charge is -2.11. The number of urea groups is 1. The first kappa shape index (κ1) is 19.5. The Labute approximate surface area is 165 Å². The van der Waals surface area contributed by atoms with Crippen LogP contribution < -0.4 is 10.6 Å². The lowest BCUT2D eigenvalue weighted by Crippen LogP contribution is -2.44. The maximum atomic E-state index is 12.6. The van der Waals surface area contributed by atoms with E-state index >= 15 is 0 Å². The average Bonchev–Trinajstić information content (AvgIpc) is 3.19. The third kappa shape index (κ3) is 4.72. The molecule has 3 amide bonds. The maximum Gasteiger partial charge on any atom is 0.339 e. The summed E-state index contributed by atoms with van der Waals surface area (Å²) in [6.07, 6.45) is 0. The Hall–Kier alpha value is -3.26. The molecule has 144 valence electrons. The zero-order valence-electron chi connectivity index (χ0n) is 15.4. The molecule has 0 radical (unpaired) electrons. The summed E-state index contributed by atoms with van der Waals surface area (Å²) in [5.41, 5.74) is 1.62. The zero-order chi connectivity index (χ0) is 20.1. The molecule has 2 N–H and O–H groups in total. The summed E-state index contributed by atoms with van der Waals surface area (Å²) in [6.45, 7) is 2.98. The van der Waals surface area contributed by atoms with E-state index in [0.717, 1.165) is 4.88 Å². The first-order valence-electron chi connectivity index (χ1n) is 8.65. The Balaban J connectivity index is 1.77. The molecule has 0 aliphatic carbocycles. The van der Waals surface area contributed by atoms with Crippen LogP contribution in [0.2, 0.25) is 0 Å². The third-order valence-electron chi connectivity index (χ3n) is 3.72. The number of carbonyl (C=O) groups excluding carboxylic acids is 3. The monoisotopic (exact) mass is 397 g/mol. The highest BCUT2D eigenvalue weighted by molar-refractivity contribution is 7.13. The molecular formula is C20H19N3O4S. The largest absolute Gasteiger partial charge is 0.452 e. The van der Waals surface area contributed by atoms with Crippen molar-refractivity contribution in [2.45, 2.75) is 19.9 Å². The molecule has 0 unspecified atom stereocenters. The lowest BCUT2D eigenvalue weighted by atomic mass is 10.1. The highest BCUT2D eigenvalue weighted by atomic mass is 32.1. The predicted octanol–water partition coefficient (Wildman–Crippen LogP) is 3.35. The number of hydrogen-bond donors (Lipinski definition) is 2. The van der Waals surface area contributed by atoms with Gasteiger partial charge in [-0.2, -0.15) is 0 Å². The molecule has 0 spiro atoms. The summed E-state index contributed by atoms with van der Waals surface area (Å²) in [4.78, 5) is 41.5. The number of aromatic nitrogens is 1. The van der Waals surface area contributed by atoms with Crippen LogP contribution in [0.5, 0.6) is 0 Å². The molecule has 0 saturated carbocycles. The highest BCUT2D eigenvalue weighted by Crippen LogP contribution is 2.28. The van der Waals surface area contributed by atoms with Crippen LogP contribution in [-0.2, 0) is 9.53 Å². The Morgan fingerprint density at radius 1 is 1.14 bits per heavy atom. The van der Waals surface area contributed by atoms with Crippen molar-refractivity contribution in [1.82, 2.24) is 15.6 Å². The number of nitrogens with zero attached hydrogens (tertiary/aromatic N) is 1. The zero-order valence-corrected chi connectivity index (χ0v) is 16.2. The van der Waals surface area contributed by atoms with Gasteiger partial charge in [-0.15, -0.1) is 11.3 Å².